The lowest BCUT2D eigenvalue weighted by molar-refractivity contribution is 0.306. The molecule has 4 aromatic rings. The van der Waals surface area contributed by atoms with E-state index in [1.807, 2.05) is 120 Å². The third-order valence-electron chi connectivity index (χ3n) is 4.52. The molecule has 0 N–H and O–H groups in total. The van der Waals surface area contributed by atoms with Crippen LogP contribution in [0.4, 0.5) is 11.4 Å². The highest BCUT2D eigenvalue weighted by Gasteiger charge is 2.08. The highest BCUT2D eigenvalue weighted by Crippen LogP contribution is 2.26. The summed E-state index contributed by atoms with van der Waals surface area (Å²) in [7, 11) is 0. The number of benzene rings is 4. The molecule has 3 nitrogen and oxygen atoms in total. The van der Waals surface area contributed by atoms with Gasteiger partial charge in [-0.2, -0.15) is 5.10 Å². The fraction of sp³-hybridized carbons (Fsp3) is 0.0385. The average Bonchev–Trinajstić information content (AvgIpc) is 2.80. The first kappa shape index (κ1) is 19.7. The fourth-order valence-electron chi connectivity index (χ4n) is 3.05. The summed E-state index contributed by atoms with van der Waals surface area (Å²) >= 11 is 6.08. The van der Waals surface area contributed by atoms with Crippen molar-refractivity contribution in [2.24, 2.45) is 5.10 Å². The third kappa shape index (κ3) is 5.07. The van der Waals surface area contributed by atoms with Crippen molar-refractivity contribution >= 4 is 29.2 Å². The van der Waals surface area contributed by atoms with Crippen LogP contribution in [0.15, 0.2) is 114 Å². The Bertz CT molecular complexity index is 1070. The third-order valence-corrected chi connectivity index (χ3v) is 4.75. The van der Waals surface area contributed by atoms with Gasteiger partial charge in [0.25, 0.3) is 0 Å². The first-order valence-electron chi connectivity index (χ1n) is 9.70. The number of para-hydroxylation sites is 3. The lowest BCUT2D eigenvalue weighted by Crippen LogP contribution is -2.09. The van der Waals surface area contributed by atoms with Crippen LogP contribution in [0.5, 0.6) is 5.75 Å². The Kier molecular flexibility index (Phi) is 6.43. The molecule has 0 bridgehead atoms. The molecule has 4 rings (SSSR count). The molecular formula is C26H21ClN2O. The van der Waals surface area contributed by atoms with Crippen LogP contribution in [-0.2, 0) is 6.61 Å². The van der Waals surface area contributed by atoms with Gasteiger partial charge in [-0.3, -0.25) is 0 Å². The molecular weight excluding hydrogens is 392 g/mol. The first-order chi connectivity index (χ1) is 14.8. The molecule has 0 aliphatic heterocycles. The number of hydrazone groups is 1. The van der Waals surface area contributed by atoms with Crippen molar-refractivity contribution in [2.75, 3.05) is 5.01 Å². The second-order valence-corrected chi connectivity index (χ2v) is 7.12. The van der Waals surface area contributed by atoms with Gasteiger partial charge in [0.05, 0.1) is 17.6 Å². The molecule has 0 spiro atoms. The van der Waals surface area contributed by atoms with Crippen molar-refractivity contribution in [3.05, 3.63) is 125 Å². The predicted molar refractivity (Wildman–Crippen MR) is 125 cm³/mol. The smallest absolute Gasteiger partial charge is 0.128 e. The molecule has 4 heteroatoms. The molecule has 0 heterocycles. The summed E-state index contributed by atoms with van der Waals surface area (Å²) in [5.41, 5.74) is 3.88. The Morgan fingerprint density at radius 1 is 0.733 bits per heavy atom. The van der Waals surface area contributed by atoms with Crippen LogP contribution in [0.3, 0.4) is 0 Å². The van der Waals surface area contributed by atoms with E-state index in [0.29, 0.717) is 11.6 Å². The van der Waals surface area contributed by atoms with Crippen LogP contribution in [0.2, 0.25) is 5.02 Å². The van der Waals surface area contributed by atoms with Gasteiger partial charge in [0, 0.05) is 10.6 Å². The van der Waals surface area contributed by atoms with Gasteiger partial charge in [-0.05, 0) is 54.1 Å². The van der Waals surface area contributed by atoms with Gasteiger partial charge in [-0.25, -0.2) is 5.01 Å². The van der Waals surface area contributed by atoms with Crippen molar-refractivity contribution < 1.29 is 4.74 Å². The van der Waals surface area contributed by atoms with Crippen LogP contribution >= 0.6 is 11.6 Å². The van der Waals surface area contributed by atoms with Crippen LogP contribution in [0, 0.1) is 0 Å². The van der Waals surface area contributed by atoms with Crippen molar-refractivity contribution in [1.82, 2.24) is 0 Å². The van der Waals surface area contributed by atoms with E-state index in [0.717, 1.165) is 28.3 Å². The molecule has 0 unspecified atom stereocenters. The van der Waals surface area contributed by atoms with E-state index >= 15 is 0 Å². The largest absolute Gasteiger partial charge is 0.488 e. The minimum atomic E-state index is 0.437. The van der Waals surface area contributed by atoms with Gasteiger partial charge < -0.3 is 4.74 Å². The lowest BCUT2D eigenvalue weighted by Gasteiger charge is -2.19. The van der Waals surface area contributed by atoms with Crippen LogP contribution in [0.1, 0.15) is 11.1 Å². The van der Waals surface area contributed by atoms with Gasteiger partial charge in [0.15, 0.2) is 0 Å². The summed E-state index contributed by atoms with van der Waals surface area (Å²) < 4.78 is 6.05. The number of nitrogens with zero attached hydrogens (tertiary/aromatic N) is 2. The molecule has 148 valence electrons. The van der Waals surface area contributed by atoms with E-state index < -0.39 is 0 Å². The van der Waals surface area contributed by atoms with Gasteiger partial charge in [0.2, 0.25) is 0 Å². The molecule has 0 saturated carbocycles. The number of ether oxygens (including phenoxy) is 1. The average molecular weight is 413 g/mol. The number of hydrogen-bond acceptors (Lipinski definition) is 3. The van der Waals surface area contributed by atoms with Crippen LogP contribution in [-0.4, -0.2) is 6.21 Å². The second kappa shape index (κ2) is 9.77. The maximum Gasteiger partial charge on any atom is 0.128 e. The Hall–Kier alpha value is -3.56. The van der Waals surface area contributed by atoms with Gasteiger partial charge in [0.1, 0.15) is 12.4 Å². The molecule has 0 aliphatic rings. The van der Waals surface area contributed by atoms with Gasteiger partial charge in [-0.15, -0.1) is 0 Å². The zero-order valence-corrected chi connectivity index (χ0v) is 17.1. The highest BCUT2D eigenvalue weighted by atomic mass is 35.5. The summed E-state index contributed by atoms with van der Waals surface area (Å²) in [6.07, 6.45) is 1.83. The summed E-state index contributed by atoms with van der Waals surface area (Å²) in [6.45, 7) is 0.437. The monoisotopic (exact) mass is 412 g/mol. The van der Waals surface area contributed by atoms with Crippen molar-refractivity contribution in [3.8, 4) is 5.75 Å². The second-order valence-electron chi connectivity index (χ2n) is 6.68. The molecule has 30 heavy (non-hydrogen) atoms. The minimum Gasteiger partial charge on any atom is -0.488 e. The molecule has 0 saturated heterocycles. The molecule has 0 amide bonds. The van der Waals surface area contributed by atoms with Crippen molar-refractivity contribution in [2.45, 2.75) is 6.61 Å². The Balaban J connectivity index is 1.59. The lowest BCUT2D eigenvalue weighted by atomic mass is 10.2. The number of hydrogen-bond donors (Lipinski definition) is 0. The van der Waals surface area contributed by atoms with Crippen molar-refractivity contribution in [3.63, 3.8) is 0 Å². The van der Waals surface area contributed by atoms with Crippen LogP contribution < -0.4 is 9.75 Å². The number of halogens is 1. The highest BCUT2D eigenvalue weighted by molar-refractivity contribution is 6.30. The molecule has 0 fully saturated rings. The van der Waals surface area contributed by atoms with Crippen LogP contribution in [0.25, 0.3) is 0 Å². The molecule has 4 aromatic carbocycles. The first-order valence-corrected chi connectivity index (χ1v) is 10.1. The predicted octanol–water partition coefficient (Wildman–Crippen LogP) is 7.09. The number of anilines is 2. The summed E-state index contributed by atoms with van der Waals surface area (Å²) in [5.74, 6) is 0.766. The standard InChI is InChI=1S/C26H21ClN2O/c27-23-12-9-10-21(18-23)20-30-26-17-8-7-11-22(26)19-28-29(24-13-3-1-4-14-24)25-15-5-2-6-16-25/h1-19H,20H2/b28-19-. The molecule has 0 atom stereocenters. The van der Waals surface area contributed by atoms with E-state index in [2.05, 4.69) is 0 Å². The maximum atomic E-state index is 6.08. The Labute approximate surface area is 181 Å². The van der Waals surface area contributed by atoms with E-state index in [9.17, 15) is 0 Å². The summed E-state index contributed by atoms with van der Waals surface area (Å²) in [6, 6.07) is 35.7. The Morgan fingerprint density at radius 3 is 2.03 bits per heavy atom. The van der Waals surface area contributed by atoms with Gasteiger partial charge >= 0.3 is 0 Å². The summed E-state index contributed by atoms with van der Waals surface area (Å²) in [5, 5.41) is 7.38. The zero-order chi connectivity index (χ0) is 20.6. The fourth-order valence-corrected chi connectivity index (χ4v) is 3.26. The zero-order valence-electron chi connectivity index (χ0n) is 16.4. The molecule has 0 radical (unpaired) electrons. The van der Waals surface area contributed by atoms with Crippen molar-refractivity contribution in [1.29, 1.82) is 0 Å². The molecule has 0 aliphatic carbocycles. The van der Waals surface area contributed by atoms with Gasteiger partial charge in [-0.1, -0.05) is 72.3 Å². The summed E-state index contributed by atoms with van der Waals surface area (Å²) in [4.78, 5) is 0. The SMILES string of the molecule is Clc1cccc(COc2ccccc2/C=N\N(c2ccccc2)c2ccccc2)c1. The Morgan fingerprint density at radius 2 is 1.37 bits per heavy atom. The van der Waals surface area contributed by atoms with E-state index in [1.165, 1.54) is 0 Å². The normalized spacial score (nSPS) is 10.8. The minimum absolute atomic E-state index is 0.437. The quantitative estimate of drug-likeness (QED) is 0.239. The maximum absolute atomic E-state index is 6.08. The van der Waals surface area contributed by atoms with E-state index in [4.69, 9.17) is 21.4 Å². The topological polar surface area (TPSA) is 24.8 Å². The van der Waals surface area contributed by atoms with E-state index in [1.54, 1.807) is 0 Å². The number of rotatable bonds is 7. The molecule has 0 aromatic heterocycles. The van der Waals surface area contributed by atoms with E-state index in [-0.39, 0.29) is 0 Å².